The van der Waals surface area contributed by atoms with Crippen LogP contribution in [0.3, 0.4) is 0 Å². The fraction of sp³-hybridized carbons (Fsp3) is 0.438. The number of guanidine groups is 1. The first-order chi connectivity index (χ1) is 20.7. The number of para-hydroxylation sites is 1. The van der Waals surface area contributed by atoms with E-state index in [1.165, 1.54) is 0 Å². The molecule has 9 N–H and O–H groups in total. The fourth-order valence-corrected chi connectivity index (χ4v) is 5.10. The molecular formula is C32H46N8O3. The maximum atomic E-state index is 13.9. The first-order valence-corrected chi connectivity index (χ1v) is 15.0. The molecule has 232 valence electrons. The Morgan fingerprint density at radius 1 is 0.884 bits per heavy atom. The number of amides is 3. The van der Waals surface area contributed by atoms with Crippen LogP contribution in [0, 0.1) is 0 Å². The molecule has 3 amide bonds. The van der Waals surface area contributed by atoms with E-state index >= 15 is 0 Å². The van der Waals surface area contributed by atoms with Gasteiger partial charge in [0.1, 0.15) is 12.1 Å². The Morgan fingerprint density at radius 3 is 2.21 bits per heavy atom. The van der Waals surface area contributed by atoms with Crippen molar-refractivity contribution in [3.63, 3.8) is 0 Å². The van der Waals surface area contributed by atoms with Crippen molar-refractivity contribution in [3.05, 3.63) is 71.9 Å². The van der Waals surface area contributed by atoms with Crippen molar-refractivity contribution in [3.8, 4) is 0 Å². The Balaban J connectivity index is 1.83. The predicted octanol–water partition coefficient (Wildman–Crippen LogP) is 1.95. The van der Waals surface area contributed by atoms with Crippen LogP contribution in [-0.2, 0) is 27.2 Å². The number of rotatable bonds is 17. The highest BCUT2D eigenvalue weighted by Crippen LogP contribution is 2.20. The summed E-state index contributed by atoms with van der Waals surface area (Å²) in [5, 5.41) is 6.78. The summed E-state index contributed by atoms with van der Waals surface area (Å²) in [7, 11) is 0. The molecule has 1 aromatic heterocycles. The smallest absolute Gasteiger partial charge is 0.245 e. The maximum absolute atomic E-state index is 13.9. The standard InChI is InChI=1S/C32H46N8O3/c1-3-17-40(18-4-2)31(43)28(20-23-21-37-26-14-9-8-13-24(23)26)39-30(42)27(15-10-16-36-32(34)35)38-29(41)25(33)19-22-11-6-5-7-12-22/h5-9,11-14,21,25,27-28,37H,3-4,10,15-20,33H2,1-2H3,(H,38,41)(H,39,42)(H4,34,35,36)/t25-,27+,28-/m1/s1. The average Bonchev–Trinajstić information content (AvgIpc) is 3.40. The summed E-state index contributed by atoms with van der Waals surface area (Å²) in [4.78, 5) is 49.8. The van der Waals surface area contributed by atoms with Crippen LogP contribution in [0.1, 0.15) is 50.7 Å². The highest BCUT2D eigenvalue weighted by molar-refractivity contribution is 5.94. The van der Waals surface area contributed by atoms with Crippen molar-refractivity contribution in [1.82, 2.24) is 20.5 Å². The van der Waals surface area contributed by atoms with Gasteiger partial charge in [0.05, 0.1) is 6.04 Å². The van der Waals surface area contributed by atoms with E-state index in [4.69, 9.17) is 17.2 Å². The van der Waals surface area contributed by atoms with Gasteiger partial charge in [0.25, 0.3) is 0 Å². The summed E-state index contributed by atoms with van der Waals surface area (Å²) in [6.07, 6.45) is 4.76. The number of hydrogen-bond acceptors (Lipinski definition) is 5. The Hall–Kier alpha value is -4.38. The molecule has 11 nitrogen and oxygen atoms in total. The fourth-order valence-electron chi connectivity index (χ4n) is 5.10. The number of benzene rings is 2. The van der Waals surface area contributed by atoms with Gasteiger partial charge in [-0.3, -0.25) is 19.4 Å². The number of carbonyl (C=O) groups excluding carboxylic acids is 3. The van der Waals surface area contributed by atoms with Gasteiger partial charge in [-0.15, -0.1) is 0 Å². The van der Waals surface area contributed by atoms with E-state index in [0.717, 1.165) is 34.9 Å². The van der Waals surface area contributed by atoms with Crippen LogP contribution in [0.2, 0.25) is 0 Å². The van der Waals surface area contributed by atoms with E-state index in [1.807, 2.05) is 74.6 Å². The molecule has 0 spiro atoms. The Bertz CT molecular complexity index is 1350. The molecule has 3 aromatic rings. The molecule has 0 saturated carbocycles. The van der Waals surface area contributed by atoms with Crippen molar-refractivity contribution in [2.24, 2.45) is 22.2 Å². The van der Waals surface area contributed by atoms with E-state index in [9.17, 15) is 14.4 Å². The number of hydrogen-bond donors (Lipinski definition) is 6. The maximum Gasteiger partial charge on any atom is 0.245 e. The quantitative estimate of drug-likeness (QED) is 0.0793. The second-order valence-corrected chi connectivity index (χ2v) is 10.8. The highest BCUT2D eigenvalue weighted by Gasteiger charge is 2.30. The summed E-state index contributed by atoms with van der Waals surface area (Å²) in [6.45, 7) is 5.49. The van der Waals surface area contributed by atoms with Crippen LogP contribution < -0.4 is 27.8 Å². The van der Waals surface area contributed by atoms with Gasteiger partial charge in [-0.25, -0.2) is 0 Å². The summed E-state index contributed by atoms with van der Waals surface area (Å²) < 4.78 is 0. The van der Waals surface area contributed by atoms with Crippen LogP contribution >= 0.6 is 0 Å². The molecule has 3 rings (SSSR count). The van der Waals surface area contributed by atoms with Crippen molar-refractivity contribution < 1.29 is 14.4 Å². The molecule has 43 heavy (non-hydrogen) atoms. The lowest BCUT2D eigenvalue weighted by atomic mass is 10.0. The van der Waals surface area contributed by atoms with Crippen molar-refractivity contribution in [2.75, 3.05) is 19.6 Å². The monoisotopic (exact) mass is 590 g/mol. The molecule has 0 bridgehead atoms. The van der Waals surface area contributed by atoms with Crippen LogP contribution in [0.15, 0.2) is 65.8 Å². The zero-order valence-corrected chi connectivity index (χ0v) is 25.2. The third-order valence-corrected chi connectivity index (χ3v) is 7.23. The Morgan fingerprint density at radius 2 is 1.53 bits per heavy atom. The molecule has 0 aliphatic carbocycles. The zero-order valence-electron chi connectivity index (χ0n) is 25.2. The van der Waals surface area contributed by atoms with Gasteiger partial charge in [0, 0.05) is 43.2 Å². The highest BCUT2D eigenvalue weighted by atomic mass is 16.2. The number of aromatic nitrogens is 1. The summed E-state index contributed by atoms with van der Waals surface area (Å²) >= 11 is 0. The molecule has 0 saturated heterocycles. The molecule has 11 heteroatoms. The molecular weight excluding hydrogens is 544 g/mol. The minimum atomic E-state index is -0.937. The third kappa shape index (κ3) is 10.1. The van der Waals surface area contributed by atoms with Crippen LogP contribution in [0.5, 0.6) is 0 Å². The number of aliphatic imine (C=N–C) groups is 1. The van der Waals surface area contributed by atoms with Gasteiger partial charge in [0.15, 0.2) is 5.96 Å². The summed E-state index contributed by atoms with van der Waals surface area (Å²) in [5.41, 5.74) is 19.9. The van der Waals surface area contributed by atoms with E-state index in [-0.39, 0.29) is 24.8 Å². The number of aromatic amines is 1. The third-order valence-electron chi connectivity index (χ3n) is 7.23. The largest absolute Gasteiger partial charge is 0.370 e. The number of nitrogens with one attached hydrogen (secondary N) is 3. The van der Waals surface area contributed by atoms with Crippen molar-refractivity contribution in [1.29, 1.82) is 0 Å². The van der Waals surface area contributed by atoms with Gasteiger partial charge in [-0.05, 0) is 49.3 Å². The normalized spacial score (nSPS) is 13.1. The molecule has 0 aliphatic rings. The second kappa shape index (κ2) is 16.9. The van der Waals surface area contributed by atoms with Gasteiger partial charge in [-0.2, -0.15) is 0 Å². The van der Waals surface area contributed by atoms with Crippen molar-refractivity contribution >= 4 is 34.6 Å². The van der Waals surface area contributed by atoms with Crippen LogP contribution in [-0.4, -0.2) is 71.3 Å². The lowest BCUT2D eigenvalue weighted by molar-refractivity contribution is -0.137. The van der Waals surface area contributed by atoms with Crippen LogP contribution in [0.25, 0.3) is 10.9 Å². The molecule has 0 radical (unpaired) electrons. The first kappa shape index (κ1) is 33.1. The lowest BCUT2D eigenvalue weighted by Crippen LogP contribution is -2.57. The SMILES string of the molecule is CCCN(CCC)C(=O)[C@@H](Cc1c[nH]c2ccccc12)NC(=O)[C@H](CCCN=C(N)N)NC(=O)[C@H](N)Cc1ccccc1. The number of H-pyrrole nitrogens is 1. The van der Waals surface area contributed by atoms with E-state index in [1.54, 1.807) is 4.90 Å². The molecule has 0 unspecified atom stereocenters. The molecule has 1 heterocycles. The van der Waals surface area contributed by atoms with Gasteiger partial charge < -0.3 is 37.7 Å². The van der Waals surface area contributed by atoms with E-state index in [2.05, 4.69) is 20.6 Å². The Kier molecular flexibility index (Phi) is 13.0. The second-order valence-electron chi connectivity index (χ2n) is 10.8. The lowest BCUT2D eigenvalue weighted by Gasteiger charge is -2.29. The zero-order chi connectivity index (χ0) is 31.2. The number of nitrogens with two attached hydrogens (primary N) is 3. The Labute approximate surface area is 253 Å². The molecule has 2 aromatic carbocycles. The number of fused-ring (bicyclic) bond motifs is 1. The van der Waals surface area contributed by atoms with Crippen LogP contribution in [0.4, 0.5) is 0 Å². The van der Waals surface area contributed by atoms with Gasteiger partial charge in [-0.1, -0.05) is 62.4 Å². The molecule has 0 aliphatic heterocycles. The summed E-state index contributed by atoms with van der Waals surface area (Å²) in [6, 6.07) is 14.6. The van der Waals surface area contributed by atoms with E-state index in [0.29, 0.717) is 32.4 Å². The van der Waals surface area contributed by atoms with E-state index < -0.39 is 29.9 Å². The van der Waals surface area contributed by atoms with Crippen molar-refractivity contribution in [2.45, 2.75) is 70.5 Å². The predicted molar refractivity (Wildman–Crippen MR) is 171 cm³/mol. The first-order valence-electron chi connectivity index (χ1n) is 15.0. The summed E-state index contributed by atoms with van der Waals surface area (Å²) in [5.74, 6) is -1.13. The molecule has 0 fully saturated rings. The van der Waals surface area contributed by atoms with Gasteiger partial charge in [0.2, 0.25) is 17.7 Å². The average molecular weight is 591 g/mol. The number of carbonyl (C=O) groups is 3. The van der Waals surface area contributed by atoms with Gasteiger partial charge >= 0.3 is 0 Å². The number of nitrogens with zero attached hydrogens (tertiary/aromatic N) is 2. The minimum Gasteiger partial charge on any atom is -0.370 e. The topological polar surface area (TPSA) is 185 Å². The minimum absolute atomic E-state index is 0.0498. The molecule has 3 atom stereocenters.